The van der Waals surface area contributed by atoms with Gasteiger partial charge in [-0.3, -0.25) is 9.98 Å². The second-order valence-electron chi connectivity index (χ2n) is 7.87. The third kappa shape index (κ3) is 2.94. The molecule has 3 fully saturated rings. The number of aliphatic hydroxyl groups is 1. The molecule has 23 heavy (non-hydrogen) atoms. The van der Waals surface area contributed by atoms with E-state index in [-0.39, 0.29) is 11.5 Å². The second kappa shape index (κ2) is 6.18. The highest BCUT2D eigenvalue weighted by Gasteiger charge is 2.61. The molecule has 4 atom stereocenters. The van der Waals surface area contributed by atoms with Crippen molar-refractivity contribution in [1.82, 2.24) is 4.98 Å². The van der Waals surface area contributed by atoms with Crippen LogP contribution in [0.15, 0.2) is 29.5 Å². The van der Waals surface area contributed by atoms with Crippen LogP contribution >= 0.6 is 11.6 Å². The Hall–Kier alpha value is -0.930. The lowest BCUT2D eigenvalue weighted by Crippen LogP contribution is -2.64. The van der Waals surface area contributed by atoms with Gasteiger partial charge in [0.2, 0.25) is 0 Å². The largest absolute Gasteiger partial charge is 0.384 e. The van der Waals surface area contributed by atoms with E-state index in [4.69, 9.17) is 16.6 Å². The van der Waals surface area contributed by atoms with Gasteiger partial charge in [-0.15, -0.1) is 11.6 Å². The first-order chi connectivity index (χ1) is 10.9. The molecule has 2 bridgehead atoms. The first-order valence-electron chi connectivity index (χ1n) is 8.62. The summed E-state index contributed by atoms with van der Waals surface area (Å²) >= 11 is 5.89. The number of aliphatic imine (C=N–C) groups is 1. The Balaban J connectivity index is 1.88. The molecule has 0 radical (unpaired) electrons. The molecule has 0 aliphatic heterocycles. The highest BCUT2D eigenvalue weighted by Crippen LogP contribution is 2.61. The van der Waals surface area contributed by atoms with Gasteiger partial charge in [0.1, 0.15) is 5.60 Å². The van der Waals surface area contributed by atoms with Crippen LogP contribution in [0, 0.1) is 17.3 Å². The van der Waals surface area contributed by atoms with Gasteiger partial charge in [0, 0.05) is 24.0 Å². The molecule has 0 amide bonds. The molecule has 3 aliphatic rings. The number of pyridine rings is 1. The number of aromatic nitrogens is 1. The van der Waals surface area contributed by atoms with Crippen LogP contribution in [0.5, 0.6) is 0 Å². The van der Waals surface area contributed by atoms with Crippen molar-refractivity contribution in [3.8, 4) is 0 Å². The standard InChI is InChI=1S/C19H27ClN2O/c1-18(2)14-10-16(18)19(3,23)17(11-14)22-15(7-4-8-20)13-6-5-9-21-12-13/h5-6,9,12,14-16,23H,4,7-8,10-11H2,1-3H3/t14-,15-,16-,19-/m1/s1. The summed E-state index contributed by atoms with van der Waals surface area (Å²) in [6, 6.07) is 4.06. The molecular weight excluding hydrogens is 308 g/mol. The molecule has 3 saturated carbocycles. The van der Waals surface area contributed by atoms with Crippen LogP contribution in [0.4, 0.5) is 0 Å². The summed E-state index contributed by atoms with van der Waals surface area (Å²) in [5, 5.41) is 11.1. The van der Waals surface area contributed by atoms with Crippen molar-refractivity contribution in [3.63, 3.8) is 0 Å². The first kappa shape index (κ1) is 16.9. The first-order valence-corrected chi connectivity index (χ1v) is 9.16. The summed E-state index contributed by atoms with van der Waals surface area (Å²) in [4.78, 5) is 9.24. The zero-order chi connectivity index (χ0) is 16.7. The number of nitrogens with zero attached hydrogens (tertiary/aromatic N) is 2. The normalized spacial score (nSPS) is 34.9. The molecule has 4 rings (SSSR count). The SMILES string of the molecule is CC1(C)[C@H]2CC(=N[C@H](CCCCl)c3cccnc3)[C@](C)(O)[C@@H]1C2. The smallest absolute Gasteiger partial charge is 0.103 e. The molecular formula is C19H27ClN2O. The monoisotopic (exact) mass is 334 g/mol. The number of hydrogen-bond donors (Lipinski definition) is 1. The van der Waals surface area contributed by atoms with Gasteiger partial charge in [-0.25, -0.2) is 0 Å². The summed E-state index contributed by atoms with van der Waals surface area (Å²) in [5.74, 6) is 1.60. The Bertz CT molecular complexity index is 582. The van der Waals surface area contributed by atoms with E-state index in [1.54, 1.807) is 6.20 Å². The van der Waals surface area contributed by atoms with E-state index in [0.717, 1.165) is 37.0 Å². The lowest BCUT2D eigenvalue weighted by Gasteiger charge is -2.62. The number of halogens is 1. The predicted molar refractivity (Wildman–Crippen MR) is 95.0 cm³/mol. The summed E-state index contributed by atoms with van der Waals surface area (Å²) in [7, 11) is 0. The zero-order valence-electron chi connectivity index (χ0n) is 14.3. The third-order valence-electron chi connectivity index (χ3n) is 6.17. The minimum Gasteiger partial charge on any atom is -0.384 e. The maximum Gasteiger partial charge on any atom is 0.103 e. The quantitative estimate of drug-likeness (QED) is 0.811. The highest BCUT2D eigenvalue weighted by atomic mass is 35.5. The Kier molecular flexibility index (Phi) is 4.54. The number of alkyl halides is 1. The van der Waals surface area contributed by atoms with Crippen LogP contribution in [-0.2, 0) is 0 Å². The Morgan fingerprint density at radius 2 is 2.22 bits per heavy atom. The molecule has 1 aromatic heterocycles. The lowest BCUT2D eigenvalue weighted by molar-refractivity contribution is -0.134. The fourth-order valence-corrected chi connectivity index (χ4v) is 4.63. The van der Waals surface area contributed by atoms with Crippen LogP contribution in [0.3, 0.4) is 0 Å². The Labute approximate surface area is 144 Å². The van der Waals surface area contributed by atoms with Crippen LogP contribution in [0.2, 0.25) is 0 Å². The summed E-state index contributed by atoms with van der Waals surface area (Å²) in [6.45, 7) is 6.52. The van der Waals surface area contributed by atoms with Gasteiger partial charge in [0.25, 0.3) is 0 Å². The molecule has 3 nitrogen and oxygen atoms in total. The predicted octanol–water partition coefficient (Wildman–Crippen LogP) is 4.40. The third-order valence-corrected chi connectivity index (χ3v) is 6.43. The molecule has 1 heterocycles. The van der Waals surface area contributed by atoms with Gasteiger partial charge in [0.05, 0.1) is 6.04 Å². The molecule has 0 aromatic carbocycles. The van der Waals surface area contributed by atoms with Crippen molar-refractivity contribution < 1.29 is 5.11 Å². The van der Waals surface area contributed by atoms with Gasteiger partial charge < -0.3 is 5.11 Å². The molecule has 1 N–H and O–H groups in total. The van der Waals surface area contributed by atoms with E-state index in [1.165, 1.54) is 0 Å². The fraction of sp³-hybridized carbons (Fsp3) is 0.684. The topological polar surface area (TPSA) is 45.5 Å². The molecule has 0 spiro atoms. The Morgan fingerprint density at radius 1 is 1.43 bits per heavy atom. The van der Waals surface area contributed by atoms with E-state index < -0.39 is 5.60 Å². The molecule has 1 aromatic rings. The van der Waals surface area contributed by atoms with E-state index >= 15 is 0 Å². The van der Waals surface area contributed by atoms with Crippen LogP contribution in [-0.4, -0.2) is 27.3 Å². The van der Waals surface area contributed by atoms with E-state index in [0.29, 0.717) is 17.7 Å². The second-order valence-corrected chi connectivity index (χ2v) is 8.25. The van der Waals surface area contributed by atoms with Crippen molar-refractivity contribution in [2.24, 2.45) is 22.2 Å². The van der Waals surface area contributed by atoms with E-state index in [9.17, 15) is 5.11 Å². The van der Waals surface area contributed by atoms with E-state index in [2.05, 4.69) is 24.9 Å². The summed E-state index contributed by atoms with van der Waals surface area (Å²) in [6.07, 6.45) is 7.51. The van der Waals surface area contributed by atoms with Crippen LogP contribution in [0.25, 0.3) is 0 Å². The van der Waals surface area contributed by atoms with Gasteiger partial charge >= 0.3 is 0 Å². The Morgan fingerprint density at radius 3 is 2.78 bits per heavy atom. The van der Waals surface area contributed by atoms with Crippen molar-refractivity contribution in [1.29, 1.82) is 0 Å². The molecule has 4 heteroatoms. The highest BCUT2D eigenvalue weighted by molar-refractivity contribution is 6.17. The number of rotatable bonds is 5. The van der Waals surface area contributed by atoms with Gasteiger partial charge in [-0.1, -0.05) is 19.9 Å². The van der Waals surface area contributed by atoms with E-state index in [1.807, 2.05) is 19.2 Å². The van der Waals surface area contributed by atoms with Crippen molar-refractivity contribution in [2.75, 3.05) is 5.88 Å². The summed E-state index contributed by atoms with van der Waals surface area (Å²) < 4.78 is 0. The molecule has 3 aliphatic carbocycles. The molecule has 126 valence electrons. The fourth-order valence-electron chi connectivity index (χ4n) is 4.48. The van der Waals surface area contributed by atoms with Crippen molar-refractivity contribution >= 4 is 17.3 Å². The average molecular weight is 335 g/mol. The zero-order valence-corrected chi connectivity index (χ0v) is 15.1. The van der Waals surface area contributed by atoms with Crippen molar-refractivity contribution in [3.05, 3.63) is 30.1 Å². The van der Waals surface area contributed by atoms with Gasteiger partial charge in [-0.2, -0.15) is 0 Å². The lowest BCUT2D eigenvalue weighted by atomic mass is 9.44. The van der Waals surface area contributed by atoms with Crippen LogP contribution < -0.4 is 0 Å². The van der Waals surface area contributed by atoms with Crippen LogP contribution in [0.1, 0.15) is 58.1 Å². The van der Waals surface area contributed by atoms with Gasteiger partial charge in [-0.05, 0) is 61.5 Å². The maximum atomic E-state index is 11.1. The minimum atomic E-state index is -0.792. The molecule has 0 saturated heterocycles. The maximum absolute atomic E-state index is 11.1. The van der Waals surface area contributed by atoms with Gasteiger partial charge in [0.15, 0.2) is 0 Å². The number of fused-ring (bicyclic) bond motifs is 2. The minimum absolute atomic E-state index is 0.0459. The van der Waals surface area contributed by atoms with Crippen molar-refractivity contribution in [2.45, 2.75) is 58.1 Å². The summed E-state index contributed by atoms with van der Waals surface area (Å²) in [5.41, 5.74) is 1.52. The average Bonchev–Trinajstić information content (AvgIpc) is 2.52. The number of hydrogen-bond acceptors (Lipinski definition) is 3. The molecule has 0 unspecified atom stereocenters.